The molecular formula is C25H26F3N5O. The molecule has 1 N–H and O–H groups in total. The molecule has 1 aromatic heterocycles. The van der Waals surface area contributed by atoms with Crippen LogP contribution in [0.15, 0.2) is 66.9 Å². The highest BCUT2D eigenvalue weighted by Gasteiger charge is 2.47. The van der Waals surface area contributed by atoms with E-state index in [-0.39, 0.29) is 23.7 Å². The zero-order chi connectivity index (χ0) is 23.7. The van der Waals surface area contributed by atoms with Gasteiger partial charge in [-0.05, 0) is 11.1 Å². The zero-order valence-corrected chi connectivity index (χ0v) is 18.6. The molecule has 2 aliphatic heterocycles. The van der Waals surface area contributed by atoms with E-state index in [1.165, 1.54) is 11.8 Å². The quantitative estimate of drug-likeness (QED) is 0.611. The highest BCUT2D eigenvalue weighted by Crippen LogP contribution is 2.44. The van der Waals surface area contributed by atoms with Crippen LogP contribution in [0.4, 0.5) is 19.0 Å². The number of amides is 1. The van der Waals surface area contributed by atoms with Gasteiger partial charge in [0.05, 0.1) is 12.2 Å². The van der Waals surface area contributed by atoms with Crippen molar-refractivity contribution in [3.63, 3.8) is 0 Å². The van der Waals surface area contributed by atoms with E-state index in [9.17, 15) is 18.0 Å². The first-order valence-electron chi connectivity index (χ1n) is 11.4. The summed E-state index contributed by atoms with van der Waals surface area (Å²) < 4.78 is 42.6. The first kappa shape index (κ1) is 22.5. The van der Waals surface area contributed by atoms with Crippen LogP contribution >= 0.6 is 0 Å². The largest absolute Gasteiger partial charge is 0.410 e. The van der Waals surface area contributed by atoms with E-state index in [1.807, 2.05) is 24.3 Å². The highest BCUT2D eigenvalue weighted by atomic mass is 19.4. The topological polar surface area (TPSA) is 53.4 Å². The summed E-state index contributed by atoms with van der Waals surface area (Å²) in [6.07, 6.45) is -3.39. The van der Waals surface area contributed by atoms with Gasteiger partial charge in [0.1, 0.15) is 11.4 Å². The van der Waals surface area contributed by atoms with Crippen LogP contribution in [0.25, 0.3) is 0 Å². The number of aromatic nitrogens is 2. The Morgan fingerprint density at radius 3 is 2.26 bits per heavy atom. The van der Waals surface area contributed by atoms with E-state index >= 15 is 0 Å². The van der Waals surface area contributed by atoms with Crippen LogP contribution < -0.4 is 5.32 Å². The van der Waals surface area contributed by atoms with E-state index in [1.54, 1.807) is 29.2 Å². The van der Waals surface area contributed by atoms with Crippen molar-refractivity contribution >= 4 is 11.7 Å². The number of nitrogens with one attached hydrogen (secondary N) is 1. The average Bonchev–Trinajstić information content (AvgIpc) is 3.28. The lowest BCUT2D eigenvalue weighted by molar-refractivity contribution is -0.173. The van der Waals surface area contributed by atoms with Crippen LogP contribution in [0, 0.1) is 0 Å². The molecule has 5 rings (SSSR count). The molecule has 1 fully saturated rings. The Hall–Kier alpha value is -3.33. The minimum absolute atomic E-state index is 0.138. The average molecular weight is 470 g/mol. The first-order chi connectivity index (χ1) is 16.4. The Kier molecular flexibility index (Phi) is 6.03. The Morgan fingerprint density at radius 2 is 1.62 bits per heavy atom. The van der Waals surface area contributed by atoms with Gasteiger partial charge in [-0.25, -0.2) is 4.68 Å². The summed E-state index contributed by atoms with van der Waals surface area (Å²) in [5, 5.41) is 7.16. The van der Waals surface area contributed by atoms with Crippen LogP contribution in [0.5, 0.6) is 0 Å². The molecule has 2 aromatic carbocycles. The number of carbonyl (C=O) groups is 1. The van der Waals surface area contributed by atoms with E-state index in [4.69, 9.17) is 0 Å². The van der Waals surface area contributed by atoms with E-state index in [0.717, 1.165) is 16.8 Å². The standard InChI is InChI=1S/C25H26F3N5O/c26-25(27,28)22-15-21(19-9-5-2-6-10-19)30-23-20(16-29-33(22)23)24(34)32-13-11-31(12-14-32)17-18-7-3-1-4-8-18/h1-10,16,21-22,30H,11-15,17H2/t21-,22-/m1/s1. The fraction of sp³-hybridized carbons (Fsp3) is 0.360. The smallest absolute Gasteiger partial charge is 0.363 e. The molecule has 3 aromatic rings. The lowest BCUT2D eigenvalue weighted by Gasteiger charge is -2.36. The summed E-state index contributed by atoms with van der Waals surface area (Å²) in [7, 11) is 0. The molecule has 0 aliphatic carbocycles. The molecule has 6 nitrogen and oxygen atoms in total. The number of hydrogen-bond donors (Lipinski definition) is 1. The van der Waals surface area contributed by atoms with Crippen LogP contribution in [0.2, 0.25) is 0 Å². The van der Waals surface area contributed by atoms with E-state index in [2.05, 4.69) is 27.4 Å². The number of anilines is 1. The van der Waals surface area contributed by atoms with Crippen LogP contribution in [0.3, 0.4) is 0 Å². The molecular weight excluding hydrogens is 443 g/mol. The maximum atomic E-state index is 13.9. The van der Waals surface area contributed by atoms with Crippen LogP contribution in [-0.2, 0) is 6.54 Å². The molecule has 2 atom stereocenters. The molecule has 3 heterocycles. The molecule has 2 aliphatic rings. The van der Waals surface area contributed by atoms with E-state index in [0.29, 0.717) is 26.2 Å². The van der Waals surface area contributed by atoms with Gasteiger partial charge in [-0.15, -0.1) is 0 Å². The first-order valence-corrected chi connectivity index (χ1v) is 11.4. The zero-order valence-electron chi connectivity index (χ0n) is 18.6. The summed E-state index contributed by atoms with van der Waals surface area (Å²) >= 11 is 0. The molecule has 0 bridgehead atoms. The number of alkyl halides is 3. The minimum atomic E-state index is -4.47. The lowest BCUT2D eigenvalue weighted by atomic mass is 9.96. The summed E-state index contributed by atoms with van der Waals surface area (Å²) in [6.45, 7) is 3.24. The number of fused-ring (bicyclic) bond motifs is 1. The highest BCUT2D eigenvalue weighted by molar-refractivity contribution is 5.99. The number of halogens is 3. The maximum absolute atomic E-state index is 13.9. The second kappa shape index (κ2) is 9.13. The molecule has 0 saturated carbocycles. The second-order valence-corrected chi connectivity index (χ2v) is 8.81. The number of carbonyl (C=O) groups excluding carboxylic acids is 1. The van der Waals surface area contributed by atoms with Gasteiger partial charge in [0.15, 0.2) is 6.04 Å². The third-order valence-electron chi connectivity index (χ3n) is 6.58. The number of benzene rings is 2. The van der Waals surface area contributed by atoms with Crippen LogP contribution in [0.1, 0.15) is 40.0 Å². The van der Waals surface area contributed by atoms with Crippen molar-refractivity contribution in [3.8, 4) is 0 Å². The van der Waals surface area contributed by atoms with Crippen molar-refractivity contribution in [2.75, 3.05) is 31.5 Å². The van der Waals surface area contributed by atoms with Crippen molar-refractivity contribution < 1.29 is 18.0 Å². The minimum Gasteiger partial charge on any atom is -0.363 e. The van der Waals surface area contributed by atoms with Crippen molar-refractivity contribution in [2.24, 2.45) is 0 Å². The van der Waals surface area contributed by atoms with Gasteiger partial charge >= 0.3 is 6.18 Å². The Balaban J connectivity index is 1.33. The van der Waals surface area contributed by atoms with Gasteiger partial charge in [-0.1, -0.05) is 60.7 Å². The third-order valence-corrected chi connectivity index (χ3v) is 6.58. The predicted octanol–water partition coefficient (Wildman–Crippen LogP) is 4.50. The fourth-order valence-electron chi connectivity index (χ4n) is 4.74. The van der Waals surface area contributed by atoms with Crippen molar-refractivity contribution in [2.45, 2.75) is 31.2 Å². The fourth-order valence-corrected chi connectivity index (χ4v) is 4.74. The Morgan fingerprint density at radius 1 is 0.971 bits per heavy atom. The number of rotatable bonds is 4. The Labute approximate surface area is 196 Å². The van der Waals surface area contributed by atoms with Gasteiger partial charge in [0.25, 0.3) is 5.91 Å². The Bertz CT molecular complexity index is 1120. The summed E-state index contributed by atoms with van der Waals surface area (Å²) in [6, 6.07) is 16.8. The third kappa shape index (κ3) is 4.52. The van der Waals surface area contributed by atoms with E-state index < -0.39 is 18.3 Å². The van der Waals surface area contributed by atoms with Gasteiger partial charge in [-0.3, -0.25) is 9.69 Å². The molecule has 178 valence electrons. The van der Waals surface area contributed by atoms with Gasteiger partial charge in [-0.2, -0.15) is 18.3 Å². The van der Waals surface area contributed by atoms with Gasteiger partial charge in [0, 0.05) is 39.1 Å². The molecule has 0 radical (unpaired) electrons. The normalized spacial score (nSPS) is 21.1. The van der Waals surface area contributed by atoms with Crippen molar-refractivity contribution in [1.82, 2.24) is 19.6 Å². The summed E-state index contributed by atoms with van der Waals surface area (Å²) in [5.74, 6) is -0.151. The SMILES string of the molecule is O=C(c1cnn2c1N[C@@H](c1ccccc1)C[C@@H]2C(F)(F)F)N1CCN(Cc2ccccc2)CC1. The van der Waals surface area contributed by atoms with Crippen molar-refractivity contribution in [3.05, 3.63) is 83.6 Å². The molecule has 0 spiro atoms. The molecule has 9 heteroatoms. The number of hydrogen-bond acceptors (Lipinski definition) is 4. The summed E-state index contributed by atoms with van der Waals surface area (Å²) in [5.41, 5.74) is 2.14. The predicted molar refractivity (Wildman–Crippen MR) is 122 cm³/mol. The van der Waals surface area contributed by atoms with Crippen LogP contribution in [-0.4, -0.2) is 57.8 Å². The number of piperazine rings is 1. The van der Waals surface area contributed by atoms with Crippen molar-refractivity contribution in [1.29, 1.82) is 0 Å². The molecule has 0 unspecified atom stereocenters. The van der Waals surface area contributed by atoms with Gasteiger partial charge in [0.2, 0.25) is 0 Å². The molecule has 1 amide bonds. The molecule has 34 heavy (non-hydrogen) atoms. The van der Waals surface area contributed by atoms with Gasteiger partial charge < -0.3 is 10.2 Å². The maximum Gasteiger partial charge on any atom is 0.410 e. The number of nitrogens with zero attached hydrogens (tertiary/aromatic N) is 4. The molecule has 1 saturated heterocycles. The summed E-state index contributed by atoms with van der Waals surface area (Å²) in [4.78, 5) is 17.3. The second-order valence-electron chi connectivity index (χ2n) is 8.81. The lowest BCUT2D eigenvalue weighted by Crippen LogP contribution is -2.48. The monoisotopic (exact) mass is 469 g/mol.